The Morgan fingerprint density at radius 2 is 0.974 bits per heavy atom. The molecule has 1 amide bonds. The summed E-state index contributed by atoms with van der Waals surface area (Å²) in [6.45, 7) is -0.395. The Hall–Kier alpha value is -4.90. The van der Waals surface area contributed by atoms with E-state index in [0.717, 1.165) is 32.7 Å². The van der Waals surface area contributed by atoms with E-state index in [2.05, 4.69) is 90.2 Å². The Morgan fingerprint density at radius 1 is 0.605 bits per heavy atom. The molecule has 0 atom stereocenters. The van der Waals surface area contributed by atoms with E-state index in [-0.39, 0.29) is 12.5 Å². The lowest BCUT2D eigenvalue weighted by Crippen LogP contribution is -2.30. The number of fused-ring (bicyclic) bond motifs is 13. The van der Waals surface area contributed by atoms with Crippen molar-refractivity contribution in [3.63, 3.8) is 0 Å². The summed E-state index contributed by atoms with van der Waals surface area (Å²) in [5, 5.41) is 20.6. The number of ether oxygens (including phenoxy) is 1. The fourth-order valence-electron chi connectivity index (χ4n) is 6.27. The molecule has 0 saturated carbocycles. The number of hydrogen-bond donors (Lipinski definition) is 2. The SMILES string of the molecule is O=C(O)CNC(=O)OCC1c2c(c3ccccc3c3ccccc23)-c2c1c1ccccc1c1ccccc21. The van der Waals surface area contributed by atoms with Crippen LogP contribution < -0.4 is 5.32 Å². The Bertz CT molecular complexity index is 1820. The van der Waals surface area contributed by atoms with Gasteiger partial charge in [-0.25, -0.2) is 4.79 Å². The van der Waals surface area contributed by atoms with Crippen molar-refractivity contribution >= 4 is 55.2 Å². The molecule has 0 unspecified atom stereocenters. The zero-order chi connectivity index (χ0) is 25.8. The predicted octanol–water partition coefficient (Wildman–Crippen LogP) is 7.22. The Balaban J connectivity index is 1.58. The summed E-state index contributed by atoms with van der Waals surface area (Å²) in [4.78, 5) is 23.4. The number of carbonyl (C=O) groups is 2. The first-order valence-electron chi connectivity index (χ1n) is 12.6. The van der Waals surface area contributed by atoms with Gasteiger partial charge in [0.15, 0.2) is 0 Å². The van der Waals surface area contributed by atoms with E-state index >= 15 is 0 Å². The van der Waals surface area contributed by atoms with Crippen LogP contribution in [0, 0.1) is 0 Å². The number of carboxylic acid groups (broad SMARTS) is 1. The molecule has 5 nitrogen and oxygen atoms in total. The van der Waals surface area contributed by atoms with Crippen molar-refractivity contribution in [1.29, 1.82) is 0 Å². The van der Waals surface area contributed by atoms with Crippen molar-refractivity contribution < 1.29 is 19.4 Å². The largest absolute Gasteiger partial charge is 0.480 e. The minimum Gasteiger partial charge on any atom is -0.480 e. The molecular formula is C33H23NO4. The minimum absolute atomic E-state index is 0.0934. The van der Waals surface area contributed by atoms with E-state index in [4.69, 9.17) is 9.84 Å². The molecule has 0 radical (unpaired) electrons. The minimum atomic E-state index is -1.12. The fraction of sp³-hybridized carbons (Fsp3) is 0.0909. The predicted molar refractivity (Wildman–Crippen MR) is 151 cm³/mol. The topological polar surface area (TPSA) is 75.6 Å². The van der Waals surface area contributed by atoms with Crippen molar-refractivity contribution in [1.82, 2.24) is 5.32 Å². The van der Waals surface area contributed by atoms with Crippen LogP contribution in [0.2, 0.25) is 0 Å². The van der Waals surface area contributed by atoms with Crippen LogP contribution in [0.15, 0.2) is 97.1 Å². The van der Waals surface area contributed by atoms with Gasteiger partial charge in [0.1, 0.15) is 13.2 Å². The summed E-state index contributed by atoms with van der Waals surface area (Å²) >= 11 is 0. The van der Waals surface area contributed by atoms with Crippen LogP contribution in [0.3, 0.4) is 0 Å². The van der Waals surface area contributed by atoms with Gasteiger partial charge in [0, 0.05) is 5.92 Å². The van der Waals surface area contributed by atoms with Crippen LogP contribution >= 0.6 is 0 Å². The summed E-state index contributed by atoms with van der Waals surface area (Å²) in [5.41, 5.74) is 4.63. The third-order valence-corrected chi connectivity index (χ3v) is 7.66. The number of benzene rings is 6. The molecule has 1 aliphatic rings. The second-order valence-electron chi connectivity index (χ2n) is 9.66. The van der Waals surface area contributed by atoms with Gasteiger partial charge in [-0.1, -0.05) is 97.1 Å². The average Bonchev–Trinajstić information content (AvgIpc) is 3.31. The van der Waals surface area contributed by atoms with Gasteiger partial charge >= 0.3 is 12.1 Å². The van der Waals surface area contributed by atoms with Crippen molar-refractivity contribution in [3.05, 3.63) is 108 Å². The van der Waals surface area contributed by atoms with Gasteiger partial charge in [0.25, 0.3) is 0 Å². The molecule has 184 valence electrons. The van der Waals surface area contributed by atoms with Crippen molar-refractivity contribution in [2.75, 3.05) is 13.2 Å². The molecule has 0 aromatic heterocycles. The van der Waals surface area contributed by atoms with E-state index in [9.17, 15) is 9.59 Å². The third-order valence-electron chi connectivity index (χ3n) is 7.66. The van der Waals surface area contributed by atoms with Crippen LogP contribution in [-0.4, -0.2) is 30.3 Å². The normalized spacial score (nSPS) is 12.6. The maximum absolute atomic E-state index is 12.5. The van der Waals surface area contributed by atoms with E-state index < -0.39 is 18.6 Å². The molecule has 0 fully saturated rings. The molecule has 0 bridgehead atoms. The molecule has 0 aliphatic heterocycles. The number of carbonyl (C=O) groups excluding carboxylic acids is 1. The second kappa shape index (κ2) is 8.60. The first-order chi connectivity index (χ1) is 18.6. The molecule has 5 heteroatoms. The highest BCUT2D eigenvalue weighted by Gasteiger charge is 2.36. The monoisotopic (exact) mass is 497 g/mol. The lowest BCUT2D eigenvalue weighted by atomic mass is 9.88. The van der Waals surface area contributed by atoms with Gasteiger partial charge < -0.3 is 15.2 Å². The standard InChI is InChI=1S/C33H23NO4/c35-28(36)17-34-33(37)38-18-27-29-23-13-5-1-9-19(23)21-11-3-7-15-25(21)31(29)32-26-16-8-4-12-22(26)20-10-2-6-14-24(20)30(27)32/h1-16,27H,17-18H2,(H,34,37)(H,35,36). The van der Waals surface area contributed by atoms with Crippen LogP contribution in [0.1, 0.15) is 17.0 Å². The van der Waals surface area contributed by atoms with E-state index in [0.29, 0.717) is 0 Å². The molecule has 1 aliphatic carbocycles. The first-order valence-corrected chi connectivity index (χ1v) is 12.6. The van der Waals surface area contributed by atoms with E-state index in [1.807, 2.05) is 12.1 Å². The molecule has 0 spiro atoms. The average molecular weight is 498 g/mol. The quantitative estimate of drug-likeness (QED) is 0.252. The summed E-state index contributed by atoms with van der Waals surface area (Å²) < 4.78 is 5.70. The van der Waals surface area contributed by atoms with E-state index in [1.54, 1.807) is 0 Å². The number of nitrogens with one attached hydrogen (secondary N) is 1. The summed E-state index contributed by atoms with van der Waals surface area (Å²) in [6, 6.07) is 33.8. The van der Waals surface area contributed by atoms with Gasteiger partial charge in [0.05, 0.1) is 0 Å². The number of amides is 1. The van der Waals surface area contributed by atoms with Crippen LogP contribution in [0.4, 0.5) is 4.79 Å². The second-order valence-corrected chi connectivity index (χ2v) is 9.66. The highest BCUT2D eigenvalue weighted by Crippen LogP contribution is 2.56. The Labute approximate surface area is 218 Å². The summed E-state index contributed by atoms with van der Waals surface area (Å²) in [5.74, 6) is -1.34. The molecular weight excluding hydrogens is 474 g/mol. The number of alkyl carbamates (subject to hydrolysis) is 1. The molecule has 6 aromatic rings. The van der Waals surface area contributed by atoms with Gasteiger partial charge in [-0.2, -0.15) is 0 Å². The van der Waals surface area contributed by atoms with Crippen LogP contribution in [0.5, 0.6) is 0 Å². The summed E-state index contributed by atoms with van der Waals surface area (Å²) in [6.07, 6.45) is -0.738. The van der Waals surface area contributed by atoms with Gasteiger partial charge in [0.2, 0.25) is 0 Å². The molecule has 2 N–H and O–H groups in total. The molecule has 7 rings (SSSR count). The number of aliphatic carboxylic acids is 1. The van der Waals surface area contributed by atoms with Crippen LogP contribution in [-0.2, 0) is 9.53 Å². The number of rotatable bonds is 4. The van der Waals surface area contributed by atoms with E-state index in [1.165, 1.54) is 32.7 Å². The molecule has 38 heavy (non-hydrogen) atoms. The first kappa shape index (κ1) is 22.3. The number of hydrogen-bond acceptors (Lipinski definition) is 3. The highest BCUT2D eigenvalue weighted by molar-refractivity contribution is 6.25. The maximum Gasteiger partial charge on any atom is 0.407 e. The Morgan fingerprint density at radius 3 is 1.39 bits per heavy atom. The van der Waals surface area contributed by atoms with Crippen molar-refractivity contribution in [3.8, 4) is 11.1 Å². The summed E-state index contributed by atoms with van der Waals surface area (Å²) in [7, 11) is 0. The van der Waals surface area contributed by atoms with Crippen molar-refractivity contribution in [2.24, 2.45) is 0 Å². The van der Waals surface area contributed by atoms with Crippen molar-refractivity contribution in [2.45, 2.75) is 5.92 Å². The lowest BCUT2D eigenvalue weighted by molar-refractivity contribution is -0.135. The highest BCUT2D eigenvalue weighted by atomic mass is 16.5. The zero-order valence-corrected chi connectivity index (χ0v) is 20.4. The lowest BCUT2D eigenvalue weighted by Gasteiger charge is -2.19. The zero-order valence-electron chi connectivity index (χ0n) is 20.4. The smallest absolute Gasteiger partial charge is 0.407 e. The van der Waals surface area contributed by atoms with Gasteiger partial charge in [-0.15, -0.1) is 0 Å². The number of carboxylic acids is 1. The molecule has 0 heterocycles. The third kappa shape index (κ3) is 3.25. The molecule has 6 aromatic carbocycles. The fourth-order valence-corrected chi connectivity index (χ4v) is 6.27. The van der Waals surface area contributed by atoms with Gasteiger partial charge in [-0.3, -0.25) is 4.79 Å². The maximum atomic E-state index is 12.5. The molecule has 0 saturated heterocycles. The van der Waals surface area contributed by atoms with Gasteiger partial charge in [-0.05, 0) is 65.3 Å². The van der Waals surface area contributed by atoms with Crippen LogP contribution in [0.25, 0.3) is 54.2 Å². The Kier molecular flexibility index (Phi) is 5.05.